The smallest absolute Gasteiger partial charge is 0.348 e. The van der Waals surface area contributed by atoms with Crippen molar-refractivity contribution in [3.8, 4) is 0 Å². The van der Waals surface area contributed by atoms with Crippen molar-refractivity contribution in [2.75, 3.05) is 0 Å². The Balaban J connectivity index is 2.87. The maximum atomic E-state index is 10.7. The maximum absolute atomic E-state index is 10.7. The second-order valence-corrected chi connectivity index (χ2v) is 2.99. The summed E-state index contributed by atoms with van der Waals surface area (Å²) in [5.74, 6) is -1.74. The number of carboxylic acids is 1. The minimum absolute atomic E-state index is 0.197. The third-order valence-electron chi connectivity index (χ3n) is 2.16. The molecule has 1 fully saturated rings. The molecule has 1 N–H and O–H groups in total. The van der Waals surface area contributed by atoms with Gasteiger partial charge in [0.05, 0.1) is 6.42 Å². The second kappa shape index (κ2) is 2.22. The molecule has 4 heteroatoms. The van der Waals surface area contributed by atoms with Gasteiger partial charge in [-0.25, -0.2) is 4.79 Å². The van der Waals surface area contributed by atoms with Gasteiger partial charge in [0, 0.05) is 5.92 Å². The standard InChI is InChI=1S/C7H10O4/c1-4-3-5(8)11-7(4,2)6(9)10/h4H,3H2,1-2H3,(H,9,10)/t4-,7+/m0/s1. The van der Waals surface area contributed by atoms with Crippen molar-refractivity contribution in [1.82, 2.24) is 0 Å². The average Bonchev–Trinajstić information content (AvgIpc) is 2.08. The van der Waals surface area contributed by atoms with Crippen LogP contribution in [-0.4, -0.2) is 22.6 Å². The Hall–Kier alpha value is -1.06. The molecule has 4 nitrogen and oxygen atoms in total. The molecule has 2 atom stereocenters. The maximum Gasteiger partial charge on any atom is 0.348 e. The number of carboxylic acid groups (broad SMARTS) is 1. The van der Waals surface area contributed by atoms with Gasteiger partial charge < -0.3 is 9.84 Å². The van der Waals surface area contributed by atoms with Gasteiger partial charge in [0.25, 0.3) is 0 Å². The van der Waals surface area contributed by atoms with E-state index in [-0.39, 0.29) is 12.3 Å². The van der Waals surface area contributed by atoms with Crippen LogP contribution in [0, 0.1) is 5.92 Å². The van der Waals surface area contributed by atoms with Crippen molar-refractivity contribution < 1.29 is 19.4 Å². The van der Waals surface area contributed by atoms with Gasteiger partial charge in [-0.05, 0) is 6.92 Å². The highest BCUT2D eigenvalue weighted by Crippen LogP contribution is 2.32. The first-order valence-corrected chi connectivity index (χ1v) is 3.42. The van der Waals surface area contributed by atoms with Crippen molar-refractivity contribution in [3.05, 3.63) is 0 Å². The van der Waals surface area contributed by atoms with E-state index in [2.05, 4.69) is 4.74 Å². The summed E-state index contributed by atoms with van der Waals surface area (Å²) >= 11 is 0. The average molecular weight is 158 g/mol. The van der Waals surface area contributed by atoms with Gasteiger partial charge in [-0.15, -0.1) is 0 Å². The molecule has 0 aliphatic carbocycles. The highest BCUT2D eigenvalue weighted by molar-refractivity contribution is 5.85. The Morgan fingerprint density at radius 3 is 2.55 bits per heavy atom. The fourth-order valence-electron chi connectivity index (χ4n) is 1.08. The summed E-state index contributed by atoms with van der Waals surface area (Å²) in [5.41, 5.74) is -1.31. The quantitative estimate of drug-likeness (QED) is 0.561. The zero-order valence-electron chi connectivity index (χ0n) is 6.46. The van der Waals surface area contributed by atoms with E-state index in [1.165, 1.54) is 6.92 Å². The minimum Gasteiger partial charge on any atom is -0.478 e. The van der Waals surface area contributed by atoms with E-state index in [1.807, 2.05) is 0 Å². The Kier molecular flexibility index (Phi) is 1.62. The number of ether oxygens (including phenoxy) is 1. The molecule has 11 heavy (non-hydrogen) atoms. The molecule has 1 saturated heterocycles. The minimum atomic E-state index is -1.31. The molecule has 1 aliphatic heterocycles. The van der Waals surface area contributed by atoms with Gasteiger partial charge in [0.2, 0.25) is 5.60 Å². The molecule has 62 valence electrons. The molecule has 0 aromatic rings. The van der Waals surface area contributed by atoms with Crippen LogP contribution in [0.5, 0.6) is 0 Å². The van der Waals surface area contributed by atoms with Crippen LogP contribution in [0.15, 0.2) is 0 Å². The third-order valence-corrected chi connectivity index (χ3v) is 2.16. The molecule has 0 aromatic heterocycles. The molecule has 1 rings (SSSR count). The molecular formula is C7H10O4. The number of cyclic esters (lactones) is 1. The lowest BCUT2D eigenvalue weighted by Gasteiger charge is -2.21. The fourth-order valence-corrected chi connectivity index (χ4v) is 1.08. The molecule has 0 aromatic carbocycles. The number of rotatable bonds is 1. The normalized spacial score (nSPS) is 36.9. The summed E-state index contributed by atoms with van der Waals surface area (Å²) < 4.78 is 4.68. The first-order chi connectivity index (χ1) is 4.97. The van der Waals surface area contributed by atoms with Crippen molar-refractivity contribution in [3.63, 3.8) is 0 Å². The summed E-state index contributed by atoms with van der Waals surface area (Å²) in [6.45, 7) is 3.12. The van der Waals surface area contributed by atoms with Crippen molar-refractivity contribution in [2.24, 2.45) is 5.92 Å². The Morgan fingerprint density at radius 1 is 1.82 bits per heavy atom. The Morgan fingerprint density at radius 2 is 2.36 bits per heavy atom. The number of esters is 1. The topological polar surface area (TPSA) is 63.6 Å². The first kappa shape index (κ1) is 8.04. The Labute approximate surface area is 64.2 Å². The summed E-state index contributed by atoms with van der Waals surface area (Å²) in [5, 5.41) is 8.68. The molecule has 0 amide bonds. The second-order valence-electron chi connectivity index (χ2n) is 2.99. The zero-order valence-corrected chi connectivity index (χ0v) is 6.46. The lowest BCUT2D eigenvalue weighted by Crippen LogP contribution is -2.39. The molecule has 1 aliphatic rings. The number of hydrogen-bond donors (Lipinski definition) is 1. The van der Waals surface area contributed by atoms with Crippen molar-refractivity contribution in [1.29, 1.82) is 0 Å². The summed E-state index contributed by atoms with van der Waals surface area (Å²) in [6.07, 6.45) is 0.197. The summed E-state index contributed by atoms with van der Waals surface area (Å²) in [4.78, 5) is 21.3. The predicted octanol–water partition coefficient (Wildman–Crippen LogP) is 0.413. The molecule has 0 radical (unpaired) electrons. The molecule has 0 unspecified atom stereocenters. The predicted molar refractivity (Wildman–Crippen MR) is 35.9 cm³/mol. The van der Waals surface area contributed by atoms with Crippen LogP contribution in [0.25, 0.3) is 0 Å². The van der Waals surface area contributed by atoms with E-state index in [0.717, 1.165) is 0 Å². The van der Waals surface area contributed by atoms with E-state index in [9.17, 15) is 9.59 Å². The summed E-state index contributed by atoms with van der Waals surface area (Å²) in [7, 11) is 0. The van der Waals surface area contributed by atoms with Crippen LogP contribution < -0.4 is 0 Å². The summed E-state index contributed by atoms with van der Waals surface area (Å²) in [6, 6.07) is 0. The molecule has 0 saturated carbocycles. The third kappa shape index (κ3) is 1.08. The molecular weight excluding hydrogens is 148 g/mol. The van der Waals surface area contributed by atoms with Crippen molar-refractivity contribution >= 4 is 11.9 Å². The van der Waals surface area contributed by atoms with Gasteiger partial charge in [0.15, 0.2) is 0 Å². The highest BCUT2D eigenvalue weighted by atomic mass is 16.6. The number of hydrogen-bond acceptors (Lipinski definition) is 3. The molecule has 1 heterocycles. The lowest BCUT2D eigenvalue weighted by molar-refractivity contribution is -0.169. The Bertz CT molecular complexity index is 210. The monoisotopic (exact) mass is 158 g/mol. The van der Waals surface area contributed by atoms with Crippen LogP contribution in [0.3, 0.4) is 0 Å². The number of carbonyl (C=O) groups excluding carboxylic acids is 1. The van der Waals surface area contributed by atoms with Gasteiger partial charge in [-0.2, -0.15) is 0 Å². The van der Waals surface area contributed by atoms with E-state index in [1.54, 1.807) is 6.92 Å². The van der Waals surface area contributed by atoms with E-state index < -0.39 is 17.5 Å². The van der Waals surface area contributed by atoms with Gasteiger partial charge in [-0.3, -0.25) is 4.79 Å². The van der Waals surface area contributed by atoms with Crippen LogP contribution in [0.2, 0.25) is 0 Å². The van der Waals surface area contributed by atoms with Gasteiger partial charge in [0.1, 0.15) is 0 Å². The van der Waals surface area contributed by atoms with Crippen LogP contribution in [0.4, 0.5) is 0 Å². The lowest BCUT2D eigenvalue weighted by atomic mass is 9.91. The van der Waals surface area contributed by atoms with Crippen LogP contribution >= 0.6 is 0 Å². The van der Waals surface area contributed by atoms with Gasteiger partial charge >= 0.3 is 11.9 Å². The van der Waals surface area contributed by atoms with Crippen LogP contribution in [-0.2, 0) is 14.3 Å². The first-order valence-electron chi connectivity index (χ1n) is 3.42. The van der Waals surface area contributed by atoms with E-state index in [4.69, 9.17) is 5.11 Å². The van der Waals surface area contributed by atoms with Crippen molar-refractivity contribution in [2.45, 2.75) is 25.9 Å². The van der Waals surface area contributed by atoms with E-state index in [0.29, 0.717) is 0 Å². The fraction of sp³-hybridized carbons (Fsp3) is 0.714. The van der Waals surface area contributed by atoms with Crippen LogP contribution in [0.1, 0.15) is 20.3 Å². The SMILES string of the molecule is C[C@H]1CC(=O)O[C@@]1(C)C(=O)O. The van der Waals surface area contributed by atoms with E-state index >= 15 is 0 Å². The molecule has 0 bridgehead atoms. The largest absolute Gasteiger partial charge is 0.478 e. The van der Waals surface area contributed by atoms with Gasteiger partial charge in [-0.1, -0.05) is 6.92 Å². The number of aliphatic carboxylic acids is 1. The highest BCUT2D eigenvalue weighted by Gasteiger charge is 2.49. The number of carbonyl (C=O) groups is 2. The molecule has 0 spiro atoms. The zero-order chi connectivity index (χ0) is 8.65.